The minimum Gasteiger partial charge on any atom is -0.381 e. The van der Waals surface area contributed by atoms with Crippen LogP contribution in [0.4, 0.5) is 0 Å². The van der Waals surface area contributed by atoms with E-state index in [2.05, 4.69) is 11.8 Å². The Labute approximate surface area is 106 Å². The first-order chi connectivity index (χ1) is 8.29. The molecular weight excluding hydrogens is 212 g/mol. The van der Waals surface area contributed by atoms with Gasteiger partial charge in [0.05, 0.1) is 0 Å². The molecule has 3 heteroatoms. The average molecular weight is 240 g/mol. The molecule has 3 nitrogen and oxygen atoms in total. The molecule has 0 spiro atoms. The summed E-state index contributed by atoms with van der Waals surface area (Å²) < 4.78 is 5.49. The molecular formula is C14H28N2O. The van der Waals surface area contributed by atoms with Crippen LogP contribution in [-0.4, -0.2) is 43.8 Å². The molecule has 0 atom stereocenters. The first-order valence-electron chi connectivity index (χ1n) is 7.31. The van der Waals surface area contributed by atoms with Gasteiger partial charge in [-0.1, -0.05) is 13.3 Å². The van der Waals surface area contributed by atoms with Crippen LogP contribution in [0.5, 0.6) is 0 Å². The van der Waals surface area contributed by atoms with Gasteiger partial charge in [0.1, 0.15) is 0 Å². The Balaban J connectivity index is 1.89. The zero-order chi connectivity index (χ0) is 12.1. The van der Waals surface area contributed by atoms with Crippen molar-refractivity contribution in [2.75, 3.05) is 32.8 Å². The van der Waals surface area contributed by atoms with Gasteiger partial charge in [-0.3, -0.25) is 4.90 Å². The molecule has 0 unspecified atom stereocenters. The zero-order valence-corrected chi connectivity index (χ0v) is 11.3. The lowest BCUT2D eigenvalue weighted by Gasteiger charge is -2.40. The summed E-state index contributed by atoms with van der Waals surface area (Å²) in [6.07, 6.45) is 7.73. The quantitative estimate of drug-likeness (QED) is 0.740. The summed E-state index contributed by atoms with van der Waals surface area (Å²) in [6, 6.07) is 0.868. The van der Waals surface area contributed by atoms with Crippen LogP contribution in [0.15, 0.2) is 0 Å². The topological polar surface area (TPSA) is 38.5 Å². The van der Waals surface area contributed by atoms with Gasteiger partial charge >= 0.3 is 0 Å². The van der Waals surface area contributed by atoms with E-state index in [9.17, 15) is 0 Å². The minimum absolute atomic E-state index is 0.342. The van der Waals surface area contributed by atoms with E-state index < -0.39 is 0 Å². The monoisotopic (exact) mass is 240 g/mol. The maximum Gasteiger partial charge on any atom is 0.0472 e. The summed E-state index contributed by atoms with van der Waals surface area (Å²) in [6.45, 7) is 7.39. The van der Waals surface area contributed by atoms with Crippen LogP contribution < -0.4 is 5.73 Å². The van der Waals surface area contributed by atoms with Gasteiger partial charge in [0.25, 0.3) is 0 Å². The number of hydrogen-bond acceptors (Lipinski definition) is 3. The highest BCUT2D eigenvalue weighted by Gasteiger charge is 2.37. The predicted octanol–water partition coefficient (Wildman–Crippen LogP) is 2.01. The van der Waals surface area contributed by atoms with E-state index in [1.807, 2.05) is 0 Å². The van der Waals surface area contributed by atoms with E-state index in [4.69, 9.17) is 10.5 Å². The van der Waals surface area contributed by atoms with Crippen LogP contribution in [0.1, 0.15) is 45.4 Å². The molecule has 2 fully saturated rings. The van der Waals surface area contributed by atoms with Gasteiger partial charge in [0.15, 0.2) is 0 Å². The molecule has 0 radical (unpaired) electrons. The highest BCUT2D eigenvalue weighted by atomic mass is 16.5. The SMILES string of the molecule is CCCCN(CC1(CN)CCOCC1)C1CC1. The fourth-order valence-corrected chi connectivity index (χ4v) is 2.85. The van der Waals surface area contributed by atoms with Crippen LogP contribution in [0.2, 0.25) is 0 Å². The van der Waals surface area contributed by atoms with Crippen molar-refractivity contribution < 1.29 is 4.74 Å². The summed E-state index contributed by atoms with van der Waals surface area (Å²) in [7, 11) is 0. The van der Waals surface area contributed by atoms with Crippen LogP contribution in [0.25, 0.3) is 0 Å². The molecule has 1 aliphatic carbocycles. The van der Waals surface area contributed by atoms with Gasteiger partial charge in [0, 0.05) is 25.8 Å². The number of nitrogens with two attached hydrogens (primary N) is 1. The van der Waals surface area contributed by atoms with Crippen LogP contribution in [-0.2, 0) is 4.74 Å². The van der Waals surface area contributed by atoms with Crippen LogP contribution >= 0.6 is 0 Å². The second-order valence-corrected chi connectivity index (χ2v) is 5.87. The van der Waals surface area contributed by atoms with Crippen molar-refractivity contribution in [1.29, 1.82) is 0 Å². The molecule has 1 heterocycles. The van der Waals surface area contributed by atoms with E-state index in [1.54, 1.807) is 0 Å². The molecule has 1 saturated heterocycles. The van der Waals surface area contributed by atoms with Crippen molar-refractivity contribution in [1.82, 2.24) is 4.90 Å². The van der Waals surface area contributed by atoms with E-state index in [0.29, 0.717) is 5.41 Å². The van der Waals surface area contributed by atoms with Crippen molar-refractivity contribution in [3.8, 4) is 0 Å². The van der Waals surface area contributed by atoms with Gasteiger partial charge in [-0.2, -0.15) is 0 Å². The summed E-state index contributed by atoms with van der Waals surface area (Å²) in [5.74, 6) is 0. The van der Waals surface area contributed by atoms with Crippen molar-refractivity contribution in [3.63, 3.8) is 0 Å². The highest BCUT2D eigenvalue weighted by molar-refractivity contribution is 4.92. The summed E-state index contributed by atoms with van der Waals surface area (Å²) in [4.78, 5) is 2.71. The lowest BCUT2D eigenvalue weighted by atomic mass is 9.79. The van der Waals surface area contributed by atoms with Gasteiger partial charge < -0.3 is 10.5 Å². The number of hydrogen-bond donors (Lipinski definition) is 1. The van der Waals surface area contributed by atoms with Crippen molar-refractivity contribution in [2.45, 2.75) is 51.5 Å². The predicted molar refractivity (Wildman–Crippen MR) is 71.0 cm³/mol. The molecule has 0 bridgehead atoms. The van der Waals surface area contributed by atoms with E-state index in [-0.39, 0.29) is 0 Å². The third-order valence-electron chi connectivity index (χ3n) is 4.39. The Bertz CT molecular complexity index is 222. The molecule has 0 aromatic carbocycles. The summed E-state index contributed by atoms with van der Waals surface area (Å²) in [5.41, 5.74) is 6.40. The maximum atomic E-state index is 6.05. The third-order valence-corrected chi connectivity index (χ3v) is 4.39. The Morgan fingerprint density at radius 1 is 1.29 bits per heavy atom. The average Bonchev–Trinajstić information content (AvgIpc) is 3.20. The molecule has 2 rings (SSSR count). The second kappa shape index (κ2) is 6.17. The Morgan fingerprint density at radius 3 is 2.53 bits per heavy atom. The Kier molecular flexibility index (Phi) is 4.83. The fourth-order valence-electron chi connectivity index (χ4n) is 2.85. The largest absolute Gasteiger partial charge is 0.381 e. The fraction of sp³-hybridized carbons (Fsp3) is 1.00. The molecule has 1 saturated carbocycles. The van der Waals surface area contributed by atoms with E-state index in [0.717, 1.165) is 38.6 Å². The summed E-state index contributed by atoms with van der Waals surface area (Å²) >= 11 is 0. The second-order valence-electron chi connectivity index (χ2n) is 5.87. The molecule has 0 aromatic heterocycles. The molecule has 100 valence electrons. The third kappa shape index (κ3) is 3.67. The molecule has 2 aliphatic rings. The van der Waals surface area contributed by atoms with E-state index >= 15 is 0 Å². The number of rotatable bonds is 7. The summed E-state index contributed by atoms with van der Waals surface area (Å²) in [5, 5.41) is 0. The van der Waals surface area contributed by atoms with E-state index in [1.165, 1.54) is 38.8 Å². The van der Waals surface area contributed by atoms with Gasteiger partial charge in [0.2, 0.25) is 0 Å². The number of unbranched alkanes of at least 4 members (excludes halogenated alkanes) is 1. The Hall–Kier alpha value is -0.120. The number of nitrogens with zero attached hydrogens (tertiary/aromatic N) is 1. The van der Waals surface area contributed by atoms with Crippen LogP contribution in [0.3, 0.4) is 0 Å². The number of ether oxygens (including phenoxy) is 1. The highest BCUT2D eigenvalue weighted by Crippen LogP contribution is 2.35. The smallest absolute Gasteiger partial charge is 0.0472 e. The molecule has 1 aliphatic heterocycles. The first-order valence-corrected chi connectivity index (χ1v) is 7.31. The Morgan fingerprint density at radius 2 is 2.00 bits per heavy atom. The van der Waals surface area contributed by atoms with Crippen LogP contribution in [0, 0.1) is 5.41 Å². The molecule has 17 heavy (non-hydrogen) atoms. The minimum atomic E-state index is 0.342. The molecule has 2 N–H and O–H groups in total. The van der Waals surface area contributed by atoms with Crippen molar-refractivity contribution in [2.24, 2.45) is 11.1 Å². The van der Waals surface area contributed by atoms with Gasteiger partial charge in [-0.25, -0.2) is 0 Å². The zero-order valence-electron chi connectivity index (χ0n) is 11.3. The lowest BCUT2D eigenvalue weighted by Crippen LogP contribution is -2.47. The maximum absolute atomic E-state index is 6.05. The normalized spacial score (nSPS) is 24.2. The van der Waals surface area contributed by atoms with Crippen molar-refractivity contribution >= 4 is 0 Å². The molecule has 0 amide bonds. The molecule has 0 aromatic rings. The van der Waals surface area contributed by atoms with Gasteiger partial charge in [-0.05, 0) is 50.6 Å². The van der Waals surface area contributed by atoms with Gasteiger partial charge in [-0.15, -0.1) is 0 Å². The standard InChI is InChI=1S/C14H28N2O/c1-2-3-8-16(13-4-5-13)12-14(11-15)6-9-17-10-7-14/h13H,2-12,15H2,1H3. The first kappa shape index (κ1) is 13.3. The lowest BCUT2D eigenvalue weighted by molar-refractivity contribution is -0.00179. The van der Waals surface area contributed by atoms with Crippen molar-refractivity contribution in [3.05, 3.63) is 0 Å².